The maximum atomic E-state index is 12.9. The summed E-state index contributed by atoms with van der Waals surface area (Å²) < 4.78 is 43.3. The third-order valence-electron chi connectivity index (χ3n) is 2.97. The summed E-state index contributed by atoms with van der Waals surface area (Å²) in [6, 6.07) is 2.03. The van der Waals surface area contributed by atoms with Crippen LogP contribution in [0.3, 0.4) is 0 Å². The lowest BCUT2D eigenvalue weighted by Crippen LogP contribution is -2.40. The van der Waals surface area contributed by atoms with E-state index >= 15 is 0 Å². The number of hydrogen-bond acceptors (Lipinski definition) is 3. The third kappa shape index (κ3) is 3.21. The molecule has 1 aromatic carbocycles. The van der Waals surface area contributed by atoms with Crippen molar-refractivity contribution in [2.24, 2.45) is 0 Å². The molecule has 1 fully saturated rings. The molecular weight excluding hydrogens is 313 g/mol. The fraction of sp³-hybridized carbons (Fsp3) is 0.333. The molecule has 0 aromatic heterocycles. The molecule has 1 atom stereocenters. The molecule has 5 nitrogen and oxygen atoms in total. The van der Waals surface area contributed by atoms with Gasteiger partial charge >= 0.3 is 12.3 Å². The maximum Gasteiger partial charge on any atom is 0.418 e. The van der Waals surface area contributed by atoms with E-state index in [1.165, 1.54) is 13.1 Å². The number of anilines is 1. The molecule has 0 aliphatic carbocycles. The number of cyclic esters (lactones) is 1. The predicted molar refractivity (Wildman–Crippen MR) is 68.0 cm³/mol. The van der Waals surface area contributed by atoms with Gasteiger partial charge in [0, 0.05) is 12.1 Å². The van der Waals surface area contributed by atoms with E-state index in [0.29, 0.717) is 0 Å². The van der Waals surface area contributed by atoms with E-state index in [9.17, 15) is 22.8 Å². The van der Waals surface area contributed by atoms with E-state index in [4.69, 9.17) is 11.6 Å². The molecule has 1 N–H and O–H groups in total. The predicted octanol–water partition coefficient (Wildman–Crippen LogP) is 2.75. The fourth-order valence-corrected chi connectivity index (χ4v) is 1.99. The van der Waals surface area contributed by atoms with Crippen molar-refractivity contribution in [2.45, 2.75) is 12.2 Å². The summed E-state index contributed by atoms with van der Waals surface area (Å²) in [6.07, 6.45) is -5.37. The van der Waals surface area contributed by atoms with Gasteiger partial charge in [-0.1, -0.05) is 11.6 Å². The number of rotatable bonds is 2. The Hall–Kier alpha value is -1.96. The first-order valence-electron chi connectivity index (χ1n) is 5.77. The smallest absolute Gasteiger partial charge is 0.418 e. The summed E-state index contributed by atoms with van der Waals surface area (Å²) in [5.74, 6) is -0.767. The molecule has 21 heavy (non-hydrogen) atoms. The summed E-state index contributed by atoms with van der Waals surface area (Å²) in [4.78, 5) is 24.1. The number of alkyl halides is 3. The molecule has 0 saturated carbocycles. The zero-order chi connectivity index (χ0) is 15.8. The molecule has 2 amide bonds. The van der Waals surface area contributed by atoms with Crippen LogP contribution in [0, 0.1) is 0 Å². The van der Waals surface area contributed by atoms with Crippen LogP contribution in [-0.2, 0) is 15.7 Å². The van der Waals surface area contributed by atoms with Crippen LogP contribution in [0.1, 0.15) is 5.56 Å². The van der Waals surface area contributed by atoms with Crippen LogP contribution in [0.2, 0.25) is 5.02 Å². The van der Waals surface area contributed by atoms with Gasteiger partial charge < -0.3 is 10.1 Å². The molecule has 1 saturated heterocycles. The summed E-state index contributed by atoms with van der Waals surface area (Å²) >= 11 is 5.54. The van der Waals surface area contributed by atoms with Gasteiger partial charge in [0.15, 0.2) is 0 Å². The Labute approximate surface area is 122 Å². The van der Waals surface area contributed by atoms with Crippen LogP contribution in [0.25, 0.3) is 0 Å². The van der Waals surface area contributed by atoms with E-state index in [-0.39, 0.29) is 11.6 Å². The van der Waals surface area contributed by atoms with Crippen molar-refractivity contribution in [3.8, 4) is 0 Å². The van der Waals surface area contributed by atoms with E-state index < -0.39 is 35.5 Å². The van der Waals surface area contributed by atoms with Crippen LogP contribution < -0.4 is 5.32 Å². The van der Waals surface area contributed by atoms with Crippen molar-refractivity contribution in [3.63, 3.8) is 0 Å². The highest BCUT2D eigenvalue weighted by atomic mass is 35.5. The zero-order valence-electron chi connectivity index (χ0n) is 10.7. The first-order chi connectivity index (χ1) is 9.70. The summed E-state index contributed by atoms with van der Waals surface area (Å²) in [7, 11) is 1.33. The number of nitrogens with one attached hydrogen (secondary N) is 1. The van der Waals surface area contributed by atoms with Crippen molar-refractivity contribution in [1.82, 2.24) is 4.90 Å². The molecule has 114 valence electrons. The minimum Gasteiger partial charge on any atom is -0.447 e. The van der Waals surface area contributed by atoms with Crippen molar-refractivity contribution >= 4 is 29.3 Å². The highest BCUT2D eigenvalue weighted by Gasteiger charge is 2.38. The molecule has 0 spiro atoms. The number of benzene rings is 1. The Kier molecular flexibility index (Phi) is 3.99. The topological polar surface area (TPSA) is 58.6 Å². The number of amides is 2. The Bertz CT molecular complexity index is 592. The number of likely N-dealkylation sites (N-methyl/N-ethyl adjacent to an activating group) is 1. The number of hydrogen-bond donors (Lipinski definition) is 1. The first-order valence-corrected chi connectivity index (χ1v) is 6.15. The standard InChI is InChI=1S/C12H10ClF3N2O3/c1-18-9(5-21-11(18)20)10(19)17-8-3-2-6(13)4-7(8)12(14,15)16/h2-4,9H,5H2,1H3,(H,17,19). The zero-order valence-corrected chi connectivity index (χ0v) is 11.5. The van der Waals surface area contributed by atoms with Gasteiger partial charge in [0.25, 0.3) is 5.91 Å². The van der Waals surface area contributed by atoms with Crippen LogP contribution in [0.15, 0.2) is 18.2 Å². The van der Waals surface area contributed by atoms with Crippen molar-refractivity contribution in [2.75, 3.05) is 19.0 Å². The Morgan fingerprint density at radius 3 is 2.67 bits per heavy atom. The SMILES string of the molecule is CN1C(=O)OCC1C(=O)Nc1ccc(Cl)cc1C(F)(F)F. The number of halogens is 4. The quantitative estimate of drug-likeness (QED) is 0.911. The molecule has 1 unspecified atom stereocenters. The van der Waals surface area contributed by atoms with Crippen molar-refractivity contribution < 1.29 is 27.5 Å². The van der Waals surface area contributed by atoms with Gasteiger partial charge in [-0.05, 0) is 18.2 Å². The second-order valence-electron chi connectivity index (χ2n) is 4.38. The molecule has 1 aliphatic rings. The average molecular weight is 323 g/mol. The van der Waals surface area contributed by atoms with Gasteiger partial charge in [-0.2, -0.15) is 13.2 Å². The molecular formula is C12H10ClF3N2O3. The van der Waals surface area contributed by atoms with Gasteiger partial charge in [-0.15, -0.1) is 0 Å². The number of carbonyl (C=O) groups is 2. The van der Waals surface area contributed by atoms with Crippen molar-refractivity contribution in [3.05, 3.63) is 28.8 Å². The van der Waals surface area contributed by atoms with Gasteiger partial charge in [0.1, 0.15) is 12.6 Å². The van der Waals surface area contributed by atoms with E-state index in [1.54, 1.807) is 0 Å². The Morgan fingerprint density at radius 2 is 2.14 bits per heavy atom. The van der Waals surface area contributed by atoms with Crippen LogP contribution in [-0.4, -0.2) is 36.6 Å². The van der Waals surface area contributed by atoms with Gasteiger partial charge in [-0.3, -0.25) is 9.69 Å². The van der Waals surface area contributed by atoms with Crippen LogP contribution >= 0.6 is 11.6 Å². The summed E-state index contributed by atoms with van der Waals surface area (Å²) in [6.45, 7) is -0.212. The Balaban J connectivity index is 2.24. The van der Waals surface area contributed by atoms with Crippen molar-refractivity contribution in [1.29, 1.82) is 0 Å². The van der Waals surface area contributed by atoms with Gasteiger partial charge in [-0.25, -0.2) is 4.79 Å². The molecule has 1 aliphatic heterocycles. The molecule has 1 heterocycles. The molecule has 9 heteroatoms. The molecule has 0 bridgehead atoms. The second-order valence-corrected chi connectivity index (χ2v) is 4.82. The minimum absolute atomic E-state index is 0.100. The number of carbonyl (C=O) groups excluding carboxylic acids is 2. The van der Waals surface area contributed by atoms with E-state index in [0.717, 1.165) is 17.0 Å². The maximum absolute atomic E-state index is 12.9. The van der Waals surface area contributed by atoms with Gasteiger partial charge in [0.2, 0.25) is 0 Å². The second kappa shape index (κ2) is 5.44. The van der Waals surface area contributed by atoms with Crippen LogP contribution in [0.5, 0.6) is 0 Å². The van der Waals surface area contributed by atoms with Crippen LogP contribution in [0.4, 0.5) is 23.7 Å². The normalized spacial score (nSPS) is 18.6. The minimum atomic E-state index is -4.67. The number of ether oxygens (including phenoxy) is 1. The highest BCUT2D eigenvalue weighted by molar-refractivity contribution is 6.30. The summed E-state index contributed by atoms with van der Waals surface area (Å²) in [5, 5.41) is 2.05. The van der Waals surface area contributed by atoms with Gasteiger partial charge in [0.05, 0.1) is 11.3 Å². The fourth-order valence-electron chi connectivity index (χ4n) is 1.82. The molecule has 1 aromatic rings. The lowest BCUT2D eigenvalue weighted by molar-refractivity contribution is -0.137. The summed E-state index contributed by atoms with van der Waals surface area (Å²) in [5.41, 5.74) is -1.49. The highest BCUT2D eigenvalue weighted by Crippen LogP contribution is 2.36. The monoisotopic (exact) mass is 322 g/mol. The first kappa shape index (κ1) is 15.4. The average Bonchev–Trinajstić information content (AvgIpc) is 2.71. The lowest BCUT2D eigenvalue weighted by atomic mass is 10.1. The molecule has 0 radical (unpaired) electrons. The molecule has 2 rings (SSSR count). The Morgan fingerprint density at radius 1 is 1.48 bits per heavy atom. The third-order valence-corrected chi connectivity index (χ3v) is 3.20. The van der Waals surface area contributed by atoms with E-state index in [1.807, 2.05) is 0 Å². The number of nitrogens with zero attached hydrogens (tertiary/aromatic N) is 1. The largest absolute Gasteiger partial charge is 0.447 e. The van der Waals surface area contributed by atoms with E-state index in [2.05, 4.69) is 10.1 Å². The lowest BCUT2D eigenvalue weighted by Gasteiger charge is -2.18.